The number of alkyl halides is 3. The molecule has 0 aliphatic heterocycles. The normalized spacial score (nSPS) is 11.2. The second-order valence-corrected chi connectivity index (χ2v) is 5.20. The summed E-state index contributed by atoms with van der Waals surface area (Å²) in [5.41, 5.74) is 1.92. The van der Waals surface area contributed by atoms with Crippen molar-refractivity contribution in [3.05, 3.63) is 64.1 Å². The van der Waals surface area contributed by atoms with Crippen LogP contribution in [0.4, 0.5) is 13.2 Å². The SMILES string of the molecule is O=C(CCc1cccn(Cc2cccc(OC(F)(F)F)c2)c1=O)NO. The summed E-state index contributed by atoms with van der Waals surface area (Å²) < 4.78 is 42.0. The maximum absolute atomic E-state index is 12.3. The molecule has 9 heteroatoms. The van der Waals surface area contributed by atoms with Crippen LogP contribution in [-0.4, -0.2) is 22.0 Å². The minimum absolute atomic E-state index is 0.0495. The van der Waals surface area contributed by atoms with Crippen molar-refractivity contribution < 1.29 is 27.9 Å². The molecule has 0 spiro atoms. The topological polar surface area (TPSA) is 80.6 Å². The molecule has 0 fully saturated rings. The van der Waals surface area contributed by atoms with E-state index in [0.29, 0.717) is 11.1 Å². The number of pyridine rings is 1. The Morgan fingerprint density at radius 3 is 2.68 bits per heavy atom. The quantitative estimate of drug-likeness (QED) is 0.614. The Balaban J connectivity index is 2.16. The van der Waals surface area contributed by atoms with Crippen molar-refractivity contribution in [1.82, 2.24) is 10.0 Å². The van der Waals surface area contributed by atoms with E-state index < -0.39 is 12.3 Å². The number of carbonyl (C=O) groups is 1. The molecule has 0 radical (unpaired) electrons. The zero-order valence-electron chi connectivity index (χ0n) is 12.9. The fraction of sp³-hybridized carbons (Fsp3) is 0.250. The van der Waals surface area contributed by atoms with E-state index in [4.69, 9.17) is 5.21 Å². The van der Waals surface area contributed by atoms with Gasteiger partial charge < -0.3 is 9.30 Å². The number of carbonyl (C=O) groups excluding carboxylic acids is 1. The van der Waals surface area contributed by atoms with Crippen molar-refractivity contribution in [2.24, 2.45) is 0 Å². The van der Waals surface area contributed by atoms with E-state index in [1.54, 1.807) is 18.2 Å². The second-order valence-electron chi connectivity index (χ2n) is 5.20. The molecule has 0 saturated carbocycles. The highest BCUT2D eigenvalue weighted by atomic mass is 19.4. The number of hydrogen-bond acceptors (Lipinski definition) is 4. The molecule has 0 unspecified atom stereocenters. The van der Waals surface area contributed by atoms with Crippen LogP contribution in [0, 0.1) is 0 Å². The third-order valence-corrected chi connectivity index (χ3v) is 3.33. The number of rotatable bonds is 6. The van der Waals surface area contributed by atoms with Gasteiger partial charge in [0.1, 0.15) is 5.75 Å². The molecule has 25 heavy (non-hydrogen) atoms. The van der Waals surface area contributed by atoms with Gasteiger partial charge in [-0.1, -0.05) is 18.2 Å². The van der Waals surface area contributed by atoms with Gasteiger partial charge in [-0.05, 0) is 30.2 Å². The molecule has 2 rings (SSSR count). The average molecular weight is 356 g/mol. The Kier molecular flexibility index (Phi) is 5.81. The zero-order chi connectivity index (χ0) is 18.4. The molecule has 0 bridgehead atoms. The number of benzene rings is 1. The van der Waals surface area contributed by atoms with Gasteiger partial charge in [0.2, 0.25) is 5.91 Å². The lowest BCUT2D eigenvalue weighted by atomic mass is 10.1. The molecule has 2 aromatic rings. The van der Waals surface area contributed by atoms with Crippen LogP contribution in [0.2, 0.25) is 0 Å². The van der Waals surface area contributed by atoms with E-state index >= 15 is 0 Å². The molecular weight excluding hydrogens is 341 g/mol. The first-order chi connectivity index (χ1) is 11.8. The minimum atomic E-state index is -4.79. The van der Waals surface area contributed by atoms with E-state index in [2.05, 4.69) is 4.74 Å². The van der Waals surface area contributed by atoms with Crippen LogP contribution in [0.5, 0.6) is 5.75 Å². The molecule has 0 atom stereocenters. The first-order valence-corrected chi connectivity index (χ1v) is 7.24. The van der Waals surface area contributed by atoms with Gasteiger partial charge in [0.05, 0.1) is 6.54 Å². The van der Waals surface area contributed by atoms with E-state index in [1.807, 2.05) is 0 Å². The number of aromatic nitrogens is 1. The number of nitrogens with zero attached hydrogens (tertiary/aromatic N) is 1. The summed E-state index contributed by atoms with van der Waals surface area (Å²) in [5, 5.41) is 8.46. The van der Waals surface area contributed by atoms with E-state index in [9.17, 15) is 22.8 Å². The van der Waals surface area contributed by atoms with Gasteiger partial charge in [0, 0.05) is 18.2 Å². The van der Waals surface area contributed by atoms with Gasteiger partial charge in [-0.2, -0.15) is 0 Å². The van der Waals surface area contributed by atoms with Crippen molar-refractivity contribution in [2.75, 3.05) is 0 Å². The highest BCUT2D eigenvalue weighted by molar-refractivity contribution is 5.74. The second kappa shape index (κ2) is 7.84. The van der Waals surface area contributed by atoms with Gasteiger partial charge >= 0.3 is 6.36 Å². The first-order valence-electron chi connectivity index (χ1n) is 7.24. The number of hydroxylamine groups is 1. The van der Waals surface area contributed by atoms with Crippen molar-refractivity contribution in [2.45, 2.75) is 25.7 Å². The Hall–Kier alpha value is -2.81. The standard InChI is InChI=1S/C16H15F3N2O4/c17-16(18,19)25-13-5-1-3-11(9-13)10-21-8-2-4-12(15(21)23)6-7-14(22)20-24/h1-5,8-9,24H,6-7,10H2,(H,20,22). The summed E-state index contributed by atoms with van der Waals surface area (Å²) >= 11 is 0. The maximum atomic E-state index is 12.3. The highest BCUT2D eigenvalue weighted by Gasteiger charge is 2.31. The van der Waals surface area contributed by atoms with Gasteiger partial charge in [0.25, 0.3) is 5.56 Å². The lowest BCUT2D eigenvalue weighted by Crippen LogP contribution is -2.25. The summed E-state index contributed by atoms with van der Waals surface area (Å²) in [6.07, 6.45) is -3.23. The van der Waals surface area contributed by atoms with Gasteiger partial charge in [-0.25, -0.2) is 5.48 Å². The van der Waals surface area contributed by atoms with E-state index in [0.717, 1.165) is 0 Å². The smallest absolute Gasteiger partial charge is 0.406 e. The predicted octanol–water partition coefficient (Wildman–Crippen LogP) is 2.23. The largest absolute Gasteiger partial charge is 0.573 e. The Morgan fingerprint density at radius 2 is 2.00 bits per heavy atom. The molecule has 1 heterocycles. The molecule has 6 nitrogen and oxygen atoms in total. The van der Waals surface area contributed by atoms with Crippen LogP contribution in [0.3, 0.4) is 0 Å². The fourth-order valence-corrected chi connectivity index (χ4v) is 2.24. The lowest BCUT2D eigenvalue weighted by Gasteiger charge is -2.11. The molecular formula is C16H15F3N2O4. The summed E-state index contributed by atoms with van der Waals surface area (Å²) in [6.45, 7) is 0.0495. The Labute approximate surface area is 140 Å². The van der Waals surface area contributed by atoms with Crippen LogP contribution in [-0.2, 0) is 17.8 Å². The predicted molar refractivity (Wildman–Crippen MR) is 81.2 cm³/mol. The number of hydrogen-bond donors (Lipinski definition) is 2. The first kappa shape index (κ1) is 18.5. The molecule has 0 saturated heterocycles. The van der Waals surface area contributed by atoms with Gasteiger partial charge in [0.15, 0.2) is 0 Å². The van der Waals surface area contributed by atoms with Crippen LogP contribution < -0.4 is 15.8 Å². The average Bonchev–Trinajstić information content (AvgIpc) is 2.54. The highest BCUT2D eigenvalue weighted by Crippen LogP contribution is 2.23. The molecule has 1 aromatic carbocycles. The molecule has 1 aromatic heterocycles. The molecule has 1 amide bonds. The minimum Gasteiger partial charge on any atom is -0.406 e. The van der Waals surface area contributed by atoms with Crippen molar-refractivity contribution >= 4 is 5.91 Å². The molecule has 2 N–H and O–H groups in total. The summed E-state index contributed by atoms with van der Waals surface area (Å²) in [6, 6.07) is 8.49. The fourth-order valence-electron chi connectivity index (χ4n) is 2.24. The third kappa shape index (κ3) is 5.64. The van der Waals surface area contributed by atoms with E-state index in [1.165, 1.54) is 34.4 Å². The third-order valence-electron chi connectivity index (χ3n) is 3.33. The molecule has 134 valence electrons. The molecule has 0 aliphatic rings. The van der Waals surface area contributed by atoms with E-state index in [-0.39, 0.29) is 30.7 Å². The zero-order valence-corrected chi connectivity index (χ0v) is 12.9. The number of amides is 1. The lowest BCUT2D eigenvalue weighted by molar-refractivity contribution is -0.274. The molecule has 0 aliphatic carbocycles. The maximum Gasteiger partial charge on any atom is 0.573 e. The number of aryl methyl sites for hydroxylation is 1. The van der Waals surface area contributed by atoms with Crippen molar-refractivity contribution in [3.63, 3.8) is 0 Å². The van der Waals surface area contributed by atoms with Gasteiger partial charge in [-0.3, -0.25) is 14.8 Å². The van der Waals surface area contributed by atoms with Crippen LogP contribution in [0.25, 0.3) is 0 Å². The van der Waals surface area contributed by atoms with Crippen LogP contribution in [0.15, 0.2) is 47.4 Å². The summed E-state index contributed by atoms with van der Waals surface area (Å²) in [5.74, 6) is -0.986. The Morgan fingerprint density at radius 1 is 1.24 bits per heavy atom. The monoisotopic (exact) mass is 356 g/mol. The summed E-state index contributed by atoms with van der Waals surface area (Å²) in [7, 11) is 0. The number of halogens is 3. The van der Waals surface area contributed by atoms with Crippen molar-refractivity contribution in [1.29, 1.82) is 0 Å². The van der Waals surface area contributed by atoms with Crippen LogP contribution in [0.1, 0.15) is 17.5 Å². The van der Waals surface area contributed by atoms with Crippen LogP contribution >= 0.6 is 0 Å². The summed E-state index contributed by atoms with van der Waals surface area (Å²) in [4.78, 5) is 23.4. The van der Waals surface area contributed by atoms with Crippen molar-refractivity contribution in [3.8, 4) is 5.75 Å². The number of nitrogens with one attached hydrogen (secondary N) is 1. The number of ether oxygens (including phenoxy) is 1. The van der Waals surface area contributed by atoms with Gasteiger partial charge in [-0.15, -0.1) is 13.2 Å². The Bertz CT molecular complexity index is 802.